The molecule has 1 N–H and O–H groups in total. The number of pyridine rings is 1. The summed E-state index contributed by atoms with van der Waals surface area (Å²) in [5.41, 5.74) is 4.44. The van der Waals surface area contributed by atoms with E-state index in [0.29, 0.717) is 30.3 Å². The van der Waals surface area contributed by atoms with Crippen LogP contribution < -0.4 is 15.2 Å². The topological polar surface area (TPSA) is 113 Å². The van der Waals surface area contributed by atoms with Crippen LogP contribution in [0.5, 0.6) is 11.5 Å². The Morgan fingerprint density at radius 3 is 2.36 bits per heavy atom. The van der Waals surface area contributed by atoms with Gasteiger partial charge in [-0.15, -0.1) is 10.2 Å². The second kappa shape index (κ2) is 11.8. The minimum Gasteiger partial charge on any atom is -0.496 e. The molecule has 0 fully saturated rings. The Morgan fingerprint density at radius 1 is 0.949 bits per heavy atom. The predicted molar refractivity (Wildman–Crippen MR) is 148 cm³/mol. The number of aromatic amines is 1. The van der Waals surface area contributed by atoms with E-state index in [1.165, 1.54) is 0 Å². The number of benzene rings is 2. The van der Waals surface area contributed by atoms with Crippen molar-refractivity contribution in [3.8, 4) is 34.1 Å². The molecule has 0 spiro atoms. The van der Waals surface area contributed by atoms with Crippen LogP contribution in [-0.4, -0.2) is 49.0 Å². The zero-order chi connectivity index (χ0) is 27.2. The molecule has 0 aliphatic heterocycles. The number of tetrazole rings is 1. The molecule has 0 amide bonds. The molecule has 200 valence electrons. The van der Waals surface area contributed by atoms with E-state index in [1.54, 1.807) is 23.4 Å². The number of ether oxygens (including phenoxy) is 2. The molecular weight excluding hydrogens is 494 g/mol. The first-order valence-electron chi connectivity index (χ1n) is 12.9. The minimum atomic E-state index is -0.199. The Labute approximate surface area is 226 Å². The second-order valence-electron chi connectivity index (χ2n) is 9.14. The van der Waals surface area contributed by atoms with E-state index in [1.807, 2.05) is 73.2 Å². The lowest BCUT2D eigenvalue weighted by Gasteiger charge is -2.22. The van der Waals surface area contributed by atoms with Crippen LogP contribution in [0.1, 0.15) is 36.9 Å². The van der Waals surface area contributed by atoms with Gasteiger partial charge in [0.05, 0.1) is 31.5 Å². The largest absolute Gasteiger partial charge is 0.496 e. The van der Waals surface area contributed by atoms with Gasteiger partial charge in [0.1, 0.15) is 11.5 Å². The average molecular weight is 526 g/mol. The number of H-pyrrole nitrogens is 1. The van der Waals surface area contributed by atoms with Gasteiger partial charge in [0.15, 0.2) is 0 Å². The Morgan fingerprint density at radius 2 is 1.72 bits per heavy atom. The molecular formula is C29H31N7O3. The molecule has 10 heteroatoms. The molecule has 5 rings (SSSR count). The van der Waals surface area contributed by atoms with Crippen molar-refractivity contribution in [3.63, 3.8) is 0 Å². The zero-order valence-electron chi connectivity index (χ0n) is 22.2. The van der Waals surface area contributed by atoms with Gasteiger partial charge in [-0.25, -0.2) is 4.79 Å². The van der Waals surface area contributed by atoms with Crippen LogP contribution >= 0.6 is 0 Å². The van der Waals surface area contributed by atoms with Gasteiger partial charge in [-0.3, -0.25) is 14.1 Å². The molecule has 0 bridgehead atoms. The Balaban J connectivity index is 1.35. The number of aryl methyl sites for hydroxylation is 2. The first-order chi connectivity index (χ1) is 19.1. The van der Waals surface area contributed by atoms with Crippen molar-refractivity contribution in [2.75, 3.05) is 14.2 Å². The number of hydrogen-bond acceptors (Lipinski definition) is 7. The van der Waals surface area contributed by atoms with Gasteiger partial charge in [-0.2, -0.15) is 5.21 Å². The summed E-state index contributed by atoms with van der Waals surface area (Å²) in [4.78, 5) is 18.2. The highest BCUT2D eigenvalue weighted by molar-refractivity contribution is 5.78. The van der Waals surface area contributed by atoms with Gasteiger partial charge in [0, 0.05) is 36.3 Å². The molecule has 0 saturated heterocycles. The molecule has 5 aromatic rings. The first kappa shape index (κ1) is 25.9. The van der Waals surface area contributed by atoms with Crippen molar-refractivity contribution in [3.05, 3.63) is 94.8 Å². The average Bonchev–Trinajstić information content (AvgIpc) is 3.65. The Bertz CT molecular complexity index is 1550. The lowest BCUT2D eigenvalue weighted by molar-refractivity contribution is 0.366. The molecule has 3 heterocycles. The summed E-state index contributed by atoms with van der Waals surface area (Å²) in [7, 11) is 3.27. The van der Waals surface area contributed by atoms with Crippen LogP contribution in [0, 0.1) is 0 Å². The monoisotopic (exact) mass is 525 g/mol. The smallest absolute Gasteiger partial charge is 0.328 e. The van der Waals surface area contributed by atoms with E-state index in [4.69, 9.17) is 9.47 Å². The summed E-state index contributed by atoms with van der Waals surface area (Å²) in [6.45, 7) is 2.64. The number of nitrogens with zero attached hydrogens (tertiary/aromatic N) is 6. The number of rotatable bonds is 11. The molecule has 3 aromatic heterocycles. The van der Waals surface area contributed by atoms with Gasteiger partial charge in [-0.1, -0.05) is 49.7 Å². The first-order valence-corrected chi connectivity index (χ1v) is 12.9. The highest BCUT2D eigenvalue weighted by Gasteiger charge is 2.24. The normalized spacial score (nSPS) is 11.9. The van der Waals surface area contributed by atoms with Crippen LogP contribution in [0.4, 0.5) is 0 Å². The minimum absolute atomic E-state index is 0.0694. The standard InChI is InChI=1S/C29H31N7O3/c1-4-8-24(27-25(38-2)11-7-12-26(27)39-3)36-18-17-35(29(36)37)16-15-20-13-14-23(30-19-20)21-9-5-6-10-22(21)28-31-33-34-32-28/h5-7,9-14,17-19,24H,4,8,15-16H2,1-3H3,(H,31,32,33,34). The third-order valence-corrected chi connectivity index (χ3v) is 6.83. The van der Waals surface area contributed by atoms with E-state index in [9.17, 15) is 4.79 Å². The van der Waals surface area contributed by atoms with Crippen LogP contribution in [0.15, 0.2) is 78.0 Å². The van der Waals surface area contributed by atoms with Crippen LogP contribution in [0.25, 0.3) is 22.6 Å². The van der Waals surface area contributed by atoms with Gasteiger partial charge in [0.25, 0.3) is 0 Å². The maximum atomic E-state index is 13.5. The highest BCUT2D eigenvalue weighted by Crippen LogP contribution is 2.38. The summed E-state index contributed by atoms with van der Waals surface area (Å²) in [6, 6.07) is 17.3. The van der Waals surface area contributed by atoms with E-state index in [-0.39, 0.29) is 11.7 Å². The summed E-state index contributed by atoms with van der Waals surface area (Å²) in [5.74, 6) is 1.94. The van der Waals surface area contributed by atoms with Crippen molar-refractivity contribution >= 4 is 0 Å². The quantitative estimate of drug-likeness (QED) is 0.269. The Kier molecular flexibility index (Phi) is 7.81. The van der Waals surface area contributed by atoms with E-state index < -0.39 is 0 Å². The number of methoxy groups -OCH3 is 2. The van der Waals surface area contributed by atoms with Crippen molar-refractivity contribution in [1.82, 2.24) is 34.7 Å². The van der Waals surface area contributed by atoms with E-state index in [0.717, 1.165) is 40.8 Å². The fourth-order valence-electron chi connectivity index (χ4n) is 4.90. The summed E-state index contributed by atoms with van der Waals surface area (Å²) < 4.78 is 14.8. The van der Waals surface area contributed by atoms with Crippen molar-refractivity contribution in [2.45, 2.75) is 38.8 Å². The van der Waals surface area contributed by atoms with Crippen LogP contribution in [0.3, 0.4) is 0 Å². The zero-order valence-corrected chi connectivity index (χ0v) is 22.2. The van der Waals surface area contributed by atoms with Crippen LogP contribution in [0.2, 0.25) is 0 Å². The molecule has 0 aliphatic rings. The summed E-state index contributed by atoms with van der Waals surface area (Å²) in [5, 5.41) is 14.4. The number of aromatic nitrogens is 7. The lowest BCUT2D eigenvalue weighted by atomic mass is 9.99. The lowest BCUT2D eigenvalue weighted by Crippen LogP contribution is -2.28. The number of imidazole rings is 1. The molecule has 2 aromatic carbocycles. The van der Waals surface area contributed by atoms with Crippen LogP contribution in [-0.2, 0) is 13.0 Å². The van der Waals surface area contributed by atoms with Crippen molar-refractivity contribution < 1.29 is 9.47 Å². The molecule has 39 heavy (non-hydrogen) atoms. The number of hydrogen-bond donors (Lipinski definition) is 1. The third kappa shape index (κ3) is 5.31. The van der Waals surface area contributed by atoms with Gasteiger partial charge >= 0.3 is 5.69 Å². The van der Waals surface area contributed by atoms with Crippen molar-refractivity contribution in [1.29, 1.82) is 0 Å². The fraction of sp³-hybridized carbons (Fsp3) is 0.276. The van der Waals surface area contributed by atoms with Gasteiger partial charge in [-0.05, 0) is 41.8 Å². The predicted octanol–water partition coefficient (Wildman–Crippen LogP) is 4.54. The molecule has 0 radical (unpaired) electrons. The SMILES string of the molecule is CCCC(c1c(OC)cccc1OC)n1ccn(CCc2ccc(-c3ccccc3-c3nn[nH]n3)nc2)c1=O. The molecule has 1 atom stereocenters. The molecule has 10 nitrogen and oxygen atoms in total. The maximum absolute atomic E-state index is 13.5. The van der Waals surface area contributed by atoms with E-state index in [2.05, 4.69) is 32.5 Å². The van der Waals surface area contributed by atoms with Gasteiger partial charge in [0.2, 0.25) is 5.82 Å². The molecule has 1 unspecified atom stereocenters. The molecule has 0 saturated carbocycles. The van der Waals surface area contributed by atoms with Gasteiger partial charge < -0.3 is 9.47 Å². The van der Waals surface area contributed by atoms with Crippen molar-refractivity contribution in [2.24, 2.45) is 0 Å². The number of nitrogens with one attached hydrogen (secondary N) is 1. The third-order valence-electron chi connectivity index (χ3n) is 6.83. The Hall–Kier alpha value is -4.73. The molecule has 0 aliphatic carbocycles. The highest BCUT2D eigenvalue weighted by atomic mass is 16.5. The second-order valence-corrected chi connectivity index (χ2v) is 9.14. The summed E-state index contributed by atoms with van der Waals surface area (Å²) in [6.07, 6.45) is 7.89. The van der Waals surface area contributed by atoms with E-state index >= 15 is 0 Å². The maximum Gasteiger partial charge on any atom is 0.328 e. The fourth-order valence-corrected chi connectivity index (χ4v) is 4.90. The summed E-state index contributed by atoms with van der Waals surface area (Å²) >= 11 is 0.